The van der Waals surface area contributed by atoms with E-state index in [4.69, 9.17) is 0 Å². The van der Waals surface area contributed by atoms with Gasteiger partial charge in [0.05, 0.1) is 11.3 Å². The summed E-state index contributed by atoms with van der Waals surface area (Å²) >= 11 is 0. The number of nitrogens with zero attached hydrogens (tertiary/aromatic N) is 1. The highest BCUT2D eigenvalue weighted by atomic mass is 16.4. The average Bonchev–Trinajstić information content (AvgIpc) is 2.69. The SMILES string of the molecule is Cc1ccc(N2CCCCc3ccccc32)c(C(=O)O)c1. The van der Waals surface area contributed by atoms with Crippen LogP contribution in [0, 0.1) is 6.92 Å². The van der Waals surface area contributed by atoms with Gasteiger partial charge in [-0.25, -0.2) is 4.79 Å². The van der Waals surface area contributed by atoms with Gasteiger partial charge < -0.3 is 10.0 Å². The molecule has 0 saturated heterocycles. The van der Waals surface area contributed by atoms with Gasteiger partial charge in [0.15, 0.2) is 0 Å². The molecule has 0 amide bonds. The Morgan fingerprint density at radius 3 is 2.71 bits per heavy atom. The van der Waals surface area contributed by atoms with Crippen LogP contribution in [0.25, 0.3) is 0 Å². The minimum absolute atomic E-state index is 0.381. The summed E-state index contributed by atoms with van der Waals surface area (Å²) in [5.41, 5.74) is 4.58. The zero-order valence-electron chi connectivity index (χ0n) is 12.2. The van der Waals surface area contributed by atoms with Crippen molar-refractivity contribution in [2.75, 3.05) is 11.4 Å². The number of para-hydroxylation sites is 1. The summed E-state index contributed by atoms with van der Waals surface area (Å²) in [5, 5.41) is 9.51. The first-order valence-electron chi connectivity index (χ1n) is 7.36. The van der Waals surface area contributed by atoms with E-state index in [1.165, 1.54) is 5.56 Å². The molecule has 3 heteroatoms. The summed E-state index contributed by atoms with van der Waals surface area (Å²) in [6.45, 7) is 2.78. The van der Waals surface area contributed by atoms with Gasteiger partial charge in [-0.2, -0.15) is 0 Å². The lowest BCUT2D eigenvalue weighted by molar-refractivity contribution is 0.0697. The molecule has 108 valence electrons. The molecule has 0 spiro atoms. The van der Waals surface area contributed by atoms with Gasteiger partial charge in [0, 0.05) is 12.2 Å². The van der Waals surface area contributed by atoms with Crippen LogP contribution in [0.3, 0.4) is 0 Å². The van der Waals surface area contributed by atoms with Crippen LogP contribution in [-0.4, -0.2) is 17.6 Å². The van der Waals surface area contributed by atoms with Gasteiger partial charge in [0.1, 0.15) is 0 Å². The Labute approximate surface area is 124 Å². The topological polar surface area (TPSA) is 40.5 Å². The van der Waals surface area contributed by atoms with Crippen LogP contribution in [-0.2, 0) is 6.42 Å². The third kappa shape index (κ3) is 2.64. The molecule has 1 heterocycles. The fourth-order valence-electron chi connectivity index (χ4n) is 3.00. The highest BCUT2D eigenvalue weighted by molar-refractivity contribution is 5.96. The highest BCUT2D eigenvalue weighted by Crippen LogP contribution is 2.34. The number of carboxylic acid groups (broad SMARTS) is 1. The van der Waals surface area contributed by atoms with E-state index in [0.29, 0.717) is 5.56 Å². The first kappa shape index (κ1) is 13.7. The first-order valence-corrected chi connectivity index (χ1v) is 7.36. The van der Waals surface area contributed by atoms with Crippen LogP contribution in [0.4, 0.5) is 11.4 Å². The molecule has 0 aliphatic carbocycles. The van der Waals surface area contributed by atoms with Crippen LogP contribution in [0.1, 0.15) is 34.3 Å². The molecule has 3 rings (SSSR count). The lowest BCUT2D eigenvalue weighted by Gasteiger charge is -2.26. The van der Waals surface area contributed by atoms with Gasteiger partial charge in [0.25, 0.3) is 0 Å². The molecule has 0 unspecified atom stereocenters. The maximum Gasteiger partial charge on any atom is 0.337 e. The van der Waals surface area contributed by atoms with Crippen molar-refractivity contribution in [2.24, 2.45) is 0 Å². The normalized spacial score (nSPS) is 14.4. The molecule has 1 aliphatic rings. The molecule has 2 aromatic rings. The van der Waals surface area contributed by atoms with Gasteiger partial charge >= 0.3 is 5.97 Å². The molecule has 21 heavy (non-hydrogen) atoms. The second-order valence-corrected chi connectivity index (χ2v) is 5.56. The zero-order chi connectivity index (χ0) is 14.8. The maximum absolute atomic E-state index is 11.6. The van der Waals surface area contributed by atoms with E-state index >= 15 is 0 Å². The van der Waals surface area contributed by atoms with Crippen molar-refractivity contribution in [2.45, 2.75) is 26.2 Å². The summed E-state index contributed by atoms with van der Waals surface area (Å²) < 4.78 is 0. The van der Waals surface area contributed by atoms with Gasteiger partial charge in [-0.1, -0.05) is 29.8 Å². The number of carboxylic acids is 1. The number of hydrogen-bond acceptors (Lipinski definition) is 2. The van der Waals surface area contributed by atoms with Crippen LogP contribution in [0.5, 0.6) is 0 Å². The van der Waals surface area contributed by atoms with Crippen LogP contribution >= 0.6 is 0 Å². The van der Waals surface area contributed by atoms with Gasteiger partial charge in [-0.3, -0.25) is 0 Å². The minimum Gasteiger partial charge on any atom is -0.478 e. The molecule has 0 aromatic heterocycles. The molecule has 0 fully saturated rings. The molecule has 3 nitrogen and oxygen atoms in total. The van der Waals surface area contributed by atoms with E-state index in [0.717, 1.165) is 42.7 Å². The monoisotopic (exact) mass is 281 g/mol. The van der Waals surface area contributed by atoms with E-state index in [2.05, 4.69) is 23.1 Å². The minimum atomic E-state index is -0.865. The molecule has 0 atom stereocenters. The zero-order valence-corrected chi connectivity index (χ0v) is 12.2. The third-order valence-electron chi connectivity index (χ3n) is 4.03. The van der Waals surface area contributed by atoms with Gasteiger partial charge in [0.2, 0.25) is 0 Å². The van der Waals surface area contributed by atoms with Crippen LogP contribution in [0.15, 0.2) is 42.5 Å². The Hall–Kier alpha value is -2.29. The predicted molar refractivity (Wildman–Crippen MR) is 84.5 cm³/mol. The van der Waals surface area contributed by atoms with Crippen molar-refractivity contribution in [1.82, 2.24) is 0 Å². The Morgan fingerprint density at radius 1 is 1.10 bits per heavy atom. The summed E-state index contributed by atoms with van der Waals surface area (Å²) in [7, 11) is 0. The van der Waals surface area contributed by atoms with Crippen molar-refractivity contribution >= 4 is 17.3 Å². The second kappa shape index (κ2) is 5.60. The fourth-order valence-corrected chi connectivity index (χ4v) is 3.00. The van der Waals surface area contributed by atoms with Crippen molar-refractivity contribution in [3.8, 4) is 0 Å². The third-order valence-corrected chi connectivity index (χ3v) is 4.03. The number of aryl methyl sites for hydroxylation is 2. The smallest absolute Gasteiger partial charge is 0.337 e. The van der Waals surface area contributed by atoms with Crippen molar-refractivity contribution in [1.29, 1.82) is 0 Å². The molecule has 0 saturated carbocycles. The maximum atomic E-state index is 11.6. The van der Waals surface area contributed by atoms with Crippen molar-refractivity contribution in [3.63, 3.8) is 0 Å². The lowest BCUT2D eigenvalue weighted by atomic mass is 10.1. The predicted octanol–water partition coefficient (Wildman–Crippen LogP) is 4.17. The number of aromatic carboxylic acids is 1. The highest BCUT2D eigenvalue weighted by Gasteiger charge is 2.21. The Bertz CT molecular complexity index is 679. The number of rotatable bonds is 2. The van der Waals surface area contributed by atoms with Gasteiger partial charge in [-0.15, -0.1) is 0 Å². The fraction of sp³-hybridized carbons (Fsp3) is 0.278. The molecular formula is C18H19NO2. The molecule has 0 radical (unpaired) electrons. The first-order chi connectivity index (χ1) is 10.2. The van der Waals surface area contributed by atoms with Crippen LogP contribution < -0.4 is 4.90 Å². The van der Waals surface area contributed by atoms with Gasteiger partial charge in [-0.05, 0) is 49.9 Å². The second-order valence-electron chi connectivity index (χ2n) is 5.56. The Balaban J connectivity index is 2.14. The molecule has 0 bridgehead atoms. The average molecular weight is 281 g/mol. The number of hydrogen-bond donors (Lipinski definition) is 1. The summed E-state index contributed by atoms with van der Waals surface area (Å²) in [6, 6.07) is 14.0. The molecule has 1 aliphatic heterocycles. The largest absolute Gasteiger partial charge is 0.478 e. The standard InChI is InChI=1S/C18H19NO2/c1-13-9-10-17(15(12-13)18(20)21)19-11-5-4-7-14-6-2-3-8-16(14)19/h2-3,6,8-10,12H,4-5,7,11H2,1H3,(H,20,21). The van der Waals surface area contributed by atoms with E-state index in [1.54, 1.807) is 6.07 Å². The molecule has 2 aromatic carbocycles. The van der Waals surface area contributed by atoms with Crippen molar-refractivity contribution in [3.05, 3.63) is 59.2 Å². The Morgan fingerprint density at radius 2 is 1.90 bits per heavy atom. The number of benzene rings is 2. The number of fused-ring (bicyclic) bond motifs is 1. The molecule has 1 N–H and O–H groups in total. The lowest BCUT2D eigenvalue weighted by Crippen LogP contribution is -2.20. The van der Waals surface area contributed by atoms with E-state index < -0.39 is 5.97 Å². The summed E-state index contributed by atoms with van der Waals surface area (Å²) in [4.78, 5) is 13.7. The number of carbonyl (C=O) groups is 1. The van der Waals surface area contributed by atoms with Crippen LogP contribution in [0.2, 0.25) is 0 Å². The Kier molecular flexibility index (Phi) is 3.65. The summed E-state index contributed by atoms with van der Waals surface area (Å²) in [6.07, 6.45) is 3.27. The van der Waals surface area contributed by atoms with E-state index in [-0.39, 0.29) is 0 Å². The van der Waals surface area contributed by atoms with E-state index in [1.807, 2.05) is 25.1 Å². The van der Waals surface area contributed by atoms with Crippen molar-refractivity contribution < 1.29 is 9.90 Å². The van der Waals surface area contributed by atoms with E-state index in [9.17, 15) is 9.90 Å². The number of anilines is 2. The quantitative estimate of drug-likeness (QED) is 0.898. The summed E-state index contributed by atoms with van der Waals surface area (Å²) in [5.74, 6) is -0.865. The molecular weight excluding hydrogens is 262 g/mol.